The zero-order valence-corrected chi connectivity index (χ0v) is 9.00. The molecule has 0 bridgehead atoms. The summed E-state index contributed by atoms with van der Waals surface area (Å²) in [7, 11) is 1.63. The lowest BCUT2D eigenvalue weighted by Gasteiger charge is -2.10. The molecule has 14 heavy (non-hydrogen) atoms. The maximum Gasteiger partial charge on any atom is 0.120 e. The Hall–Kier alpha value is -0.870. The number of nitrogens with one attached hydrogen (secondary N) is 1. The van der Waals surface area contributed by atoms with E-state index < -0.39 is 6.10 Å². The summed E-state index contributed by atoms with van der Waals surface area (Å²) in [5.41, 5.74) is 0.935. The molecule has 0 fully saturated rings. The van der Waals surface area contributed by atoms with Gasteiger partial charge in [-0.05, 0) is 12.1 Å². The summed E-state index contributed by atoms with van der Waals surface area (Å²) < 4.78 is 5.07. The van der Waals surface area contributed by atoms with Crippen LogP contribution in [0.2, 0.25) is 0 Å². The van der Waals surface area contributed by atoms with Crippen LogP contribution in [-0.4, -0.2) is 30.6 Å². The summed E-state index contributed by atoms with van der Waals surface area (Å²) in [5.74, 6) is 1.26. The Bertz CT molecular complexity index is 281. The van der Waals surface area contributed by atoms with Crippen molar-refractivity contribution < 1.29 is 9.84 Å². The number of hydrogen-bond acceptors (Lipinski definition) is 4. The molecule has 78 valence electrons. The van der Waals surface area contributed by atoms with Crippen LogP contribution in [0, 0.1) is 0 Å². The van der Waals surface area contributed by atoms with Gasteiger partial charge in [0.15, 0.2) is 0 Å². The van der Waals surface area contributed by atoms with Crippen molar-refractivity contribution in [1.82, 2.24) is 0 Å². The van der Waals surface area contributed by atoms with Crippen molar-refractivity contribution in [3.63, 3.8) is 0 Å². The fourth-order valence-electron chi connectivity index (χ4n) is 1.03. The molecule has 0 heterocycles. The molecule has 0 amide bonds. The zero-order chi connectivity index (χ0) is 10.4. The van der Waals surface area contributed by atoms with Gasteiger partial charge in [0.2, 0.25) is 0 Å². The van der Waals surface area contributed by atoms with E-state index in [4.69, 9.17) is 4.74 Å². The van der Waals surface area contributed by atoms with E-state index >= 15 is 0 Å². The van der Waals surface area contributed by atoms with Gasteiger partial charge in [0.25, 0.3) is 0 Å². The van der Waals surface area contributed by atoms with E-state index in [1.54, 1.807) is 7.11 Å². The second kappa shape index (κ2) is 5.78. The molecule has 1 aromatic carbocycles. The first-order valence-corrected chi connectivity index (χ1v) is 5.06. The maximum absolute atomic E-state index is 9.28. The van der Waals surface area contributed by atoms with E-state index in [-0.39, 0.29) is 0 Å². The van der Waals surface area contributed by atoms with Crippen LogP contribution in [0.15, 0.2) is 24.3 Å². The SMILES string of the molecule is COc1cccc(NCC(O)CS)c1. The number of ether oxygens (including phenoxy) is 1. The molecule has 1 rings (SSSR count). The van der Waals surface area contributed by atoms with Crippen molar-refractivity contribution in [2.45, 2.75) is 6.10 Å². The Labute approximate surface area is 89.5 Å². The number of rotatable bonds is 5. The predicted octanol–water partition coefficient (Wildman–Crippen LogP) is 1.40. The van der Waals surface area contributed by atoms with Crippen LogP contribution in [0.3, 0.4) is 0 Å². The molecule has 4 heteroatoms. The third-order valence-corrected chi connectivity index (χ3v) is 2.24. The van der Waals surface area contributed by atoms with E-state index in [2.05, 4.69) is 17.9 Å². The molecule has 0 spiro atoms. The molecule has 1 unspecified atom stereocenters. The fourth-order valence-corrected chi connectivity index (χ4v) is 1.16. The third-order valence-electron chi connectivity index (χ3n) is 1.82. The molecular weight excluding hydrogens is 198 g/mol. The molecule has 2 N–H and O–H groups in total. The summed E-state index contributed by atoms with van der Waals surface area (Å²) in [4.78, 5) is 0. The Morgan fingerprint density at radius 2 is 2.36 bits per heavy atom. The third kappa shape index (κ3) is 3.47. The smallest absolute Gasteiger partial charge is 0.120 e. The van der Waals surface area contributed by atoms with Gasteiger partial charge in [0, 0.05) is 24.1 Å². The van der Waals surface area contributed by atoms with Gasteiger partial charge in [-0.1, -0.05) is 6.07 Å². The van der Waals surface area contributed by atoms with Crippen molar-refractivity contribution >= 4 is 18.3 Å². The number of benzene rings is 1. The van der Waals surface area contributed by atoms with E-state index in [0.717, 1.165) is 11.4 Å². The van der Waals surface area contributed by atoms with Crippen molar-refractivity contribution in [2.24, 2.45) is 0 Å². The normalized spacial score (nSPS) is 12.2. The van der Waals surface area contributed by atoms with Crippen LogP contribution >= 0.6 is 12.6 Å². The summed E-state index contributed by atoms with van der Waals surface area (Å²) in [6.07, 6.45) is -0.426. The van der Waals surface area contributed by atoms with Crippen LogP contribution in [0.25, 0.3) is 0 Å². The standard InChI is InChI=1S/C10H15NO2S/c1-13-10-4-2-3-8(5-10)11-6-9(12)7-14/h2-5,9,11-12,14H,6-7H2,1H3. The maximum atomic E-state index is 9.28. The van der Waals surface area contributed by atoms with Crippen molar-refractivity contribution in [1.29, 1.82) is 0 Å². The Balaban J connectivity index is 2.50. The van der Waals surface area contributed by atoms with Crippen molar-refractivity contribution in [2.75, 3.05) is 24.7 Å². The lowest BCUT2D eigenvalue weighted by molar-refractivity contribution is 0.213. The molecule has 0 saturated heterocycles. The number of methoxy groups -OCH3 is 1. The minimum atomic E-state index is -0.426. The monoisotopic (exact) mass is 213 g/mol. The highest BCUT2D eigenvalue weighted by Crippen LogP contribution is 2.16. The fraction of sp³-hybridized carbons (Fsp3) is 0.400. The second-order valence-electron chi connectivity index (χ2n) is 2.95. The molecule has 0 aliphatic carbocycles. The van der Waals surface area contributed by atoms with Gasteiger partial charge in [-0.3, -0.25) is 0 Å². The minimum Gasteiger partial charge on any atom is -0.497 e. The highest BCUT2D eigenvalue weighted by atomic mass is 32.1. The summed E-state index contributed by atoms with van der Waals surface area (Å²) >= 11 is 3.99. The van der Waals surface area contributed by atoms with Gasteiger partial charge in [-0.25, -0.2) is 0 Å². The number of anilines is 1. The molecule has 0 radical (unpaired) electrons. The lowest BCUT2D eigenvalue weighted by atomic mass is 10.3. The molecule has 0 aromatic heterocycles. The summed E-state index contributed by atoms with van der Waals surface area (Å²) in [5, 5.41) is 12.4. The first-order chi connectivity index (χ1) is 6.76. The quantitative estimate of drug-likeness (QED) is 0.648. The molecular formula is C10H15NO2S. The topological polar surface area (TPSA) is 41.5 Å². The van der Waals surface area contributed by atoms with Crippen LogP contribution in [0.5, 0.6) is 5.75 Å². The second-order valence-corrected chi connectivity index (χ2v) is 3.31. The first kappa shape index (κ1) is 11.2. The highest BCUT2D eigenvalue weighted by molar-refractivity contribution is 7.80. The van der Waals surface area contributed by atoms with E-state index in [9.17, 15) is 5.11 Å². The molecule has 3 nitrogen and oxygen atoms in total. The number of thiol groups is 1. The average molecular weight is 213 g/mol. The molecule has 0 saturated carbocycles. The van der Waals surface area contributed by atoms with Gasteiger partial charge in [0.05, 0.1) is 13.2 Å². The van der Waals surface area contributed by atoms with Gasteiger partial charge >= 0.3 is 0 Å². The van der Waals surface area contributed by atoms with Gasteiger partial charge in [0.1, 0.15) is 5.75 Å². The van der Waals surface area contributed by atoms with Gasteiger partial charge < -0.3 is 15.2 Å². The molecule has 0 aliphatic heterocycles. The van der Waals surface area contributed by atoms with E-state index in [1.165, 1.54) is 0 Å². The molecule has 0 aliphatic rings. The van der Waals surface area contributed by atoms with Crippen molar-refractivity contribution in [3.8, 4) is 5.75 Å². The summed E-state index contributed by atoms with van der Waals surface area (Å²) in [6, 6.07) is 7.58. The summed E-state index contributed by atoms with van der Waals surface area (Å²) in [6.45, 7) is 0.497. The number of aliphatic hydroxyl groups is 1. The lowest BCUT2D eigenvalue weighted by Crippen LogP contribution is -2.20. The van der Waals surface area contributed by atoms with Crippen LogP contribution < -0.4 is 10.1 Å². The molecule has 1 aromatic rings. The van der Waals surface area contributed by atoms with Crippen LogP contribution in [0.1, 0.15) is 0 Å². The van der Waals surface area contributed by atoms with Crippen LogP contribution in [0.4, 0.5) is 5.69 Å². The van der Waals surface area contributed by atoms with E-state index in [0.29, 0.717) is 12.3 Å². The predicted molar refractivity (Wildman–Crippen MR) is 61.3 cm³/mol. The van der Waals surface area contributed by atoms with Gasteiger partial charge in [-0.15, -0.1) is 0 Å². The number of aliphatic hydroxyl groups excluding tert-OH is 1. The van der Waals surface area contributed by atoms with Crippen molar-refractivity contribution in [3.05, 3.63) is 24.3 Å². The average Bonchev–Trinajstić information content (AvgIpc) is 2.26. The minimum absolute atomic E-state index is 0.426. The van der Waals surface area contributed by atoms with E-state index in [1.807, 2.05) is 24.3 Å². The molecule has 1 atom stereocenters. The van der Waals surface area contributed by atoms with Gasteiger partial charge in [-0.2, -0.15) is 12.6 Å². The Kier molecular flexibility index (Phi) is 4.62. The first-order valence-electron chi connectivity index (χ1n) is 4.43. The van der Waals surface area contributed by atoms with Crippen LogP contribution in [-0.2, 0) is 0 Å². The Morgan fingerprint density at radius 1 is 1.57 bits per heavy atom. The zero-order valence-electron chi connectivity index (χ0n) is 8.10. The largest absolute Gasteiger partial charge is 0.497 e. The Morgan fingerprint density at radius 3 is 3.00 bits per heavy atom. The highest BCUT2D eigenvalue weighted by Gasteiger charge is 2.00. The number of hydrogen-bond donors (Lipinski definition) is 3.